The van der Waals surface area contributed by atoms with Crippen LogP contribution < -0.4 is 10.6 Å². The summed E-state index contributed by atoms with van der Waals surface area (Å²) in [4.78, 5) is 8.13. The minimum absolute atomic E-state index is 0.000491. The van der Waals surface area contributed by atoms with E-state index >= 15 is 0 Å². The molecule has 2 aromatic carbocycles. The van der Waals surface area contributed by atoms with Gasteiger partial charge in [-0.3, -0.25) is 4.98 Å². The van der Waals surface area contributed by atoms with Crippen LogP contribution in [-0.2, 0) is 6.18 Å². The SMILES string of the molecule is FC(F)(F)c1cc(NC2CCC(Nc3ccnc4cc(Cl)ccc34)CC2)c2c(Cl)cc(Cl)cc2n1. The predicted molar refractivity (Wildman–Crippen MR) is 137 cm³/mol. The van der Waals surface area contributed by atoms with E-state index in [1.165, 1.54) is 12.1 Å². The largest absolute Gasteiger partial charge is 0.433 e. The van der Waals surface area contributed by atoms with E-state index in [0.717, 1.165) is 48.3 Å². The standard InChI is InChI=1S/C25H20Cl3F3N4/c26-13-1-6-17-19(7-8-32-20(17)10-13)33-15-2-4-16(5-3-15)34-22-12-23(25(29,30)31)35-21-11-14(27)9-18(28)24(21)22/h1,6-12,15-16H,2-5H2,(H,32,33)(H,34,35). The Bertz CT molecular complexity index is 1400. The van der Waals surface area contributed by atoms with Gasteiger partial charge < -0.3 is 10.6 Å². The molecule has 182 valence electrons. The summed E-state index contributed by atoms with van der Waals surface area (Å²) >= 11 is 18.5. The predicted octanol–water partition coefficient (Wildman–Crippen LogP) is 8.60. The second-order valence-electron chi connectivity index (χ2n) is 8.69. The van der Waals surface area contributed by atoms with Crippen LogP contribution in [-0.4, -0.2) is 22.1 Å². The molecule has 0 saturated heterocycles. The zero-order valence-electron chi connectivity index (χ0n) is 18.3. The number of nitrogens with zero attached hydrogens (tertiary/aromatic N) is 2. The fraction of sp³-hybridized carbons (Fsp3) is 0.280. The minimum atomic E-state index is -4.58. The summed E-state index contributed by atoms with van der Waals surface area (Å²) < 4.78 is 40.5. The Labute approximate surface area is 214 Å². The lowest BCUT2D eigenvalue weighted by atomic mass is 9.90. The van der Waals surface area contributed by atoms with Crippen LogP contribution in [0.15, 0.2) is 48.7 Å². The number of anilines is 2. The molecule has 0 bridgehead atoms. The zero-order chi connectivity index (χ0) is 24.7. The van der Waals surface area contributed by atoms with Crippen LogP contribution in [0.3, 0.4) is 0 Å². The van der Waals surface area contributed by atoms with E-state index in [1.54, 1.807) is 6.20 Å². The summed E-state index contributed by atoms with van der Waals surface area (Å²) in [5, 5.41) is 9.45. The summed E-state index contributed by atoms with van der Waals surface area (Å²) in [6, 6.07) is 11.7. The Hall–Kier alpha value is -2.48. The van der Waals surface area contributed by atoms with E-state index in [2.05, 4.69) is 20.6 Å². The molecular weight excluding hydrogens is 520 g/mol. The second kappa shape index (κ2) is 9.52. The van der Waals surface area contributed by atoms with E-state index < -0.39 is 11.9 Å². The third-order valence-corrected chi connectivity index (χ3v) is 7.02. The van der Waals surface area contributed by atoms with Crippen molar-refractivity contribution in [3.63, 3.8) is 0 Å². The average molecular weight is 540 g/mol. The van der Waals surface area contributed by atoms with Gasteiger partial charge in [-0.2, -0.15) is 13.2 Å². The van der Waals surface area contributed by atoms with Gasteiger partial charge in [0.2, 0.25) is 0 Å². The molecule has 0 spiro atoms. The quantitative estimate of drug-likeness (QED) is 0.273. The second-order valence-corrected chi connectivity index (χ2v) is 9.97. The highest BCUT2D eigenvalue weighted by atomic mass is 35.5. The molecule has 4 nitrogen and oxygen atoms in total. The van der Waals surface area contributed by atoms with Crippen LogP contribution in [0.4, 0.5) is 24.5 Å². The maximum Gasteiger partial charge on any atom is 0.433 e. The first-order valence-corrected chi connectivity index (χ1v) is 12.2. The van der Waals surface area contributed by atoms with E-state index in [9.17, 15) is 13.2 Å². The molecule has 0 atom stereocenters. The van der Waals surface area contributed by atoms with Gasteiger partial charge in [-0.05, 0) is 68.1 Å². The molecule has 2 N–H and O–H groups in total. The molecule has 10 heteroatoms. The summed E-state index contributed by atoms with van der Waals surface area (Å²) in [5.74, 6) is 0. The van der Waals surface area contributed by atoms with Gasteiger partial charge in [-0.25, -0.2) is 4.98 Å². The Morgan fingerprint density at radius 3 is 2.11 bits per heavy atom. The van der Waals surface area contributed by atoms with Gasteiger partial charge in [0, 0.05) is 50.5 Å². The number of nitrogens with one attached hydrogen (secondary N) is 2. The van der Waals surface area contributed by atoms with E-state index in [1.807, 2.05) is 24.3 Å². The van der Waals surface area contributed by atoms with Crippen molar-refractivity contribution in [1.29, 1.82) is 0 Å². The number of halogens is 6. The molecule has 0 amide bonds. The van der Waals surface area contributed by atoms with Gasteiger partial charge in [0.05, 0.1) is 16.1 Å². The first-order chi connectivity index (χ1) is 16.7. The molecule has 1 aliphatic rings. The Morgan fingerprint density at radius 2 is 1.43 bits per heavy atom. The first-order valence-electron chi connectivity index (χ1n) is 11.1. The van der Waals surface area contributed by atoms with Gasteiger partial charge in [-0.1, -0.05) is 34.8 Å². The third-order valence-electron chi connectivity index (χ3n) is 6.27. The summed E-state index contributed by atoms with van der Waals surface area (Å²) in [5.41, 5.74) is 1.25. The molecular formula is C25H20Cl3F3N4. The van der Waals surface area contributed by atoms with Gasteiger partial charge in [-0.15, -0.1) is 0 Å². The minimum Gasteiger partial charge on any atom is -0.382 e. The number of hydrogen-bond acceptors (Lipinski definition) is 4. The number of aromatic nitrogens is 2. The summed E-state index contributed by atoms with van der Waals surface area (Å²) in [6.45, 7) is 0. The Morgan fingerprint density at radius 1 is 0.771 bits per heavy atom. The van der Waals surface area contributed by atoms with Crippen molar-refractivity contribution in [2.24, 2.45) is 0 Å². The molecule has 2 heterocycles. The lowest BCUT2D eigenvalue weighted by Crippen LogP contribution is -2.32. The smallest absolute Gasteiger partial charge is 0.382 e. The van der Waals surface area contributed by atoms with Crippen LogP contribution in [0, 0.1) is 0 Å². The lowest BCUT2D eigenvalue weighted by molar-refractivity contribution is -0.140. The van der Waals surface area contributed by atoms with Crippen molar-refractivity contribution < 1.29 is 13.2 Å². The highest BCUT2D eigenvalue weighted by Gasteiger charge is 2.34. The molecule has 35 heavy (non-hydrogen) atoms. The van der Waals surface area contributed by atoms with Gasteiger partial charge in [0.25, 0.3) is 0 Å². The van der Waals surface area contributed by atoms with Gasteiger partial charge in [0.1, 0.15) is 5.69 Å². The van der Waals surface area contributed by atoms with E-state index in [4.69, 9.17) is 34.8 Å². The molecule has 1 fully saturated rings. The van der Waals surface area contributed by atoms with Crippen molar-refractivity contribution in [1.82, 2.24) is 9.97 Å². The van der Waals surface area contributed by atoms with Crippen LogP contribution in [0.2, 0.25) is 15.1 Å². The van der Waals surface area contributed by atoms with Crippen LogP contribution in [0.25, 0.3) is 21.8 Å². The number of fused-ring (bicyclic) bond motifs is 2. The maximum absolute atomic E-state index is 13.5. The molecule has 5 rings (SSSR count). The molecule has 0 aliphatic heterocycles. The first kappa shape index (κ1) is 24.2. The number of pyridine rings is 2. The Kier molecular flexibility index (Phi) is 6.59. The number of hydrogen-bond donors (Lipinski definition) is 2. The topological polar surface area (TPSA) is 49.8 Å². The van der Waals surface area contributed by atoms with Crippen molar-refractivity contribution in [2.45, 2.75) is 43.9 Å². The molecule has 4 aromatic rings. The normalized spacial score (nSPS) is 18.7. The highest BCUT2D eigenvalue weighted by Crippen LogP contribution is 2.38. The summed E-state index contributed by atoms with van der Waals surface area (Å²) in [7, 11) is 0. The molecule has 0 radical (unpaired) electrons. The van der Waals surface area contributed by atoms with Crippen LogP contribution in [0.5, 0.6) is 0 Å². The number of benzene rings is 2. The Balaban J connectivity index is 1.33. The van der Waals surface area contributed by atoms with Crippen LogP contribution in [0.1, 0.15) is 31.4 Å². The van der Waals surface area contributed by atoms with Crippen molar-refractivity contribution >= 4 is 68.0 Å². The molecule has 0 unspecified atom stereocenters. The maximum atomic E-state index is 13.5. The van der Waals surface area contributed by atoms with Crippen molar-refractivity contribution in [2.75, 3.05) is 10.6 Å². The van der Waals surface area contributed by atoms with E-state index in [0.29, 0.717) is 16.1 Å². The fourth-order valence-electron chi connectivity index (χ4n) is 4.61. The van der Waals surface area contributed by atoms with Gasteiger partial charge >= 0.3 is 6.18 Å². The third kappa shape index (κ3) is 5.22. The fourth-order valence-corrected chi connectivity index (χ4v) is 5.36. The molecule has 1 aliphatic carbocycles. The number of alkyl halides is 3. The van der Waals surface area contributed by atoms with Crippen molar-refractivity contribution in [3.05, 3.63) is 69.4 Å². The average Bonchev–Trinajstić information content (AvgIpc) is 2.79. The lowest BCUT2D eigenvalue weighted by Gasteiger charge is -2.31. The number of rotatable bonds is 4. The summed E-state index contributed by atoms with van der Waals surface area (Å²) in [6.07, 6.45) is 0.425. The highest BCUT2D eigenvalue weighted by molar-refractivity contribution is 6.39. The van der Waals surface area contributed by atoms with Crippen molar-refractivity contribution in [3.8, 4) is 0 Å². The van der Waals surface area contributed by atoms with Crippen LogP contribution >= 0.6 is 34.8 Å². The monoisotopic (exact) mass is 538 g/mol. The van der Waals surface area contributed by atoms with Gasteiger partial charge in [0.15, 0.2) is 0 Å². The zero-order valence-corrected chi connectivity index (χ0v) is 20.5. The molecule has 1 saturated carbocycles. The molecule has 2 aromatic heterocycles. The van der Waals surface area contributed by atoms with E-state index in [-0.39, 0.29) is 27.6 Å².